The highest BCUT2D eigenvalue weighted by Crippen LogP contribution is 2.18. The lowest BCUT2D eigenvalue weighted by Crippen LogP contribution is -2.31. The summed E-state index contributed by atoms with van der Waals surface area (Å²) in [5, 5.41) is 16.7. The molecule has 0 aliphatic rings. The Labute approximate surface area is 154 Å². The molecule has 10 nitrogen and oxygen atoms in total. The number of aliphatic carboxylic acids is 1. The Hall–Kier alpha value is -2.69. The number of anilines is 1. The molecule has 0 bridgehead atoms. The molecular formula is C15H22N4O6S. The van der Waals surface area contributed by atoms with Crippen molar-refractivity contribution in [1.82, 2.24) is 10.4 Å². The molecule has 0 radical (unpaired) electrons. The number of thiazole rings is 1. The highest BCUT2D eigenvalue weighted by atomic mass is 32.1. The number of nitrogens with one attached hydrogen (secondary N) is 2. The summed E-state index contributed by atoms with van der Waals surface area (Å²) in [7, 11) is 0. The number of carbonyl (C=O) groups is 3. The van der Waals surface area contributed by atoms with Crippen molar-refractivity contribution in [2.45, 2.75) is 52.7 Å². The number of ether oxygens (including phenoxy) is 2. The van der Waals surface area contributed by atoms with E-state index in [-0.39, 0.29) is 10.8 Å². The normalized spacial score (nSPS) is 12.3. The molecule has 2 amide bonds. The van der Waals surface area contributed by atoms with E-state index in [9.17, 15) is 19.5 Å². The Balaban J connectivity index is 2.85. The van der Waals surface area contributed by atoms with E-state index in [1.54, 1.807) is 41.5 Å². The van der Waals surface area contributed by atoms with Crippen LogP contribution in [0.15, 0.2) is 10.5 Å². The minimum atomic E-state index is -1.41. The van der Waals surface area contributed by atoms with Crippen LogP contribution in [-0.4, -0.2) is 45.2 Å². The van der Waals surface area contributed by atoms with Crippen LogP contribution in [0.3, 0.4) is 0 Å². The summed E-state index contributed by atoms with van der Waals surface area (Å²) >= 11 is 0.983. The third-order valence-corrected chi connectivity index (χ3v) is 2.97. The molecule has 0 atom stereocenters. The van der Waals surface area contributed by atoms with Crippen molar-refractivity contribution in [1.29, 1.82) is 0 Å². The van der Waals surface area contributed by atoms with Crippen LogP contribution in [-0.2, 0) is 14.3 Å². The van der Waals surface area contributed by atoms with Gasteiger partial charge in [0.15, 0.2) is 10.8 Å². The summed E-state index contributed by atoms with van der Waals surface area (Å²) in [4.78, 5) is 38.6. The van der Waals surface area contributed by atoms with Gasteiger partial charge in [0.25, 0.3) is 0 Å². The highest BCUT2D eigenvalue weighted by molar-refractivity contribution is 7.14. The second-order valence-corrected chi connectivity index (χ2v) is 7.90. The molecule has 0 saturated heterocycles. The zero-order chi connectivity index (χ0) is 20.1. The molecule has 1 aromatic heterocycles. The first-order valence-electron chi connectivity index (χ1n) is 7.53. The average molecular weight is 386 g/mol. The minimum absolute atomic E-state index is 0.0374. The van der Waals surface area contributed by atoms with Gasteiger partial charge in [0.05, 0.1) is 0 Å². The summed E-state index contributed by atoms with van der Waals surface area (Å²) in [6, 6.07) is 0. The molecule has 0 aromatic carbocycles. The van der Waals surface area contributed by atoms with E-state index in [2.05, 4.69) is 15.4 Å². The van der Waals surface area contributed by atoms with Gasteiger partial charge >= 0.3 is 18.2 Å². The zero-order valence-corrected chi connectivity index (χ0v) is 16.2. The lowest BCUT2D eigenvalue weighted by Gasteiger charge is -2.18. The fraction of sp³-hybridized carbons (Fsp3) is 0.533. The van der Waals surface area contributed by atoms with Gasteiger partial charge < -0.3 is 14.6 Å². The summed E-state index contributed by atoms with van der Waals surface area (Å²) in [5.74, 6) is -1.41. The van der Waals surface area contributed by atoms with Crippen LogP contribution in [0.1, 0.15) is 47.2 Å². The fourth-order valence-corrected chi connectivity index (χ4v) is 2.13. The summed E-state index contributed by atoms with van der Waals surface area (Å²) < 4.78 is 10.0. The number of hydrazone groups is 1. The molecule has 0 unspecified atom stereocenters. The first-order valence-corrected chi connectivity index (χ1v) is 8.41. The molecule has 0 aliphatic heterocycles. The molecule has 144 valence electrons. The number of hydrogen-bond acceptors (Lipinski definition) is 8. The Bertz CT molecular complexity index is 714. The molecular weight excluding hydrogens is 364 g/mol. The third-order valence-electron chi connectivity index (χ3n) is 2.22. The number of carboxylic acids is 1. The van der Waals surface area contributed by atoms with Crippen molar-refractivity contribution < 1.29 is 29.0 Å². The van der Waals surface area contributed by atoms with Crippen molar-refractivity contribution in [2.75, 3.05) is 5.32 Å². The summed E-state index contributed by atoms with van der Waals surface area (Å²) in [5.41, 5.74) is 0.0104. The number of amides is 2. The van der Waals surface area contributed by atoms with Crippen molar-refractivity contribution in [2.24, 2.45) is 5.10 Å². The van der Waals surface area contributed by atoms with Crippen LogP contribution >= 0.6 is 11.3 Å². The van der Waals surface area contributed by atoms with Gasteiger partial charge in [-0.15, -0.1) is 11.3 Å². The highest BCUT2D eigenvalue weighted by Gasteiger charge is 2.21. The minimum Gasteiger partial charge on any atom is -0.476 e. The first-order chi connectivity index (χ1) is 11.8. The first kappa shape index (κ1) is 21.4. The van der Waals surface area contributed by atoms with Gasteiger partial charge in [-0.25, -0.2) is 24.8 Å². The van der Waals surface area contributed by atoms with Gasteiger partial charge in [-0.3, -0.25) is 5.32 Å². The molecule has 0 aliphatic carbocycles. The number of hydrogen-bond donors (Lipinski definition) is 3. The lowest BCUT2D eigenvalue weighted by molar-refractivity contribution is -0.129. The molecule has 1 rings (SSSR count). The maximum atomic E-state index is 11.7. The lowest BCUT2D eigenvalue weighted by atomic mass is 10.2. The quantitative estimate of drug-likeness (QED) is 0.534. The standard InChI is InChI=1S/C15H22N4O6S/c1-14(2,3)24-12(22)17-11-16-8(7-26-11)9(10(20)21)18-19-13(23)25-15(4,5)6/h7H,1-6H3,(H,19,23)(H,20,21)(H,16,17,22)/b18-9-. The Morgan fingerprint density at radius 2 is 1.62 bits per heavy atom. The maximum absolute atomic E-state index is 11.7. The Morgan fingerprint density at radius 1 is 1.08 bits per heavy atom. The monoisotopic (exact) mass is 386 g/mol. The van der Waals surface area contributed by atoms with Crippen LogP contribution < -0.4 is 10.7 Å². The van der Waals surface area contributed by atoms with E-state index in [0.717, 1.165) is 11.3 Å². The van der Waals surface area contributed by atoms with E-state index >= 15 is 0 Å². The van der Waals surface area contributed by atoms with Gasteiger partial charge in [-0.1, -0.05) is 0 Å². The largest absolute Gasteiger partial charge is 0.476 e. The van der Waals surface area contributed by atoms with Gasteiger partial charge in [0.1, 0.15) is 16.9 Å². The smallest absolute Gasteiger partial charge is 0.428 e. The fourth-order valence-electron chi connectivity index (χ4n) is 1.45. The number of carboxylic acid groups (broad SMARTS) is 1. The van der Waals surface area contributed by atoms with E-state index in [4.69, 9.17) is 9.47 Å². The number of aromatic nitrogens is 1. The number of rotatable bonds is 4. The van der Waals surface area contributed by atoms with Gasteiger partial charge in [0, 0.05) is 5.38 Å². The zero-order valence-electron chi connectivity index (χ0n) is 15.4. The molecule has 0 saturated carbocycles. The maximum Gasteiger partial charge on any atom is 0.428 e. The molecule has 1 heterocycles. The molecule has 26 heavy (non-hydrogen) atoms. The summed E-state index contributed by atoms with van der Waals surface area (Å²) in [6.45, 7) is 10.1. The van der Waals surface area contributed by atoms with Crippen LogP contribution in [0.4, 0.5) is 14.7 Å². The Morgan fingerprint density at radius 3 is 2.12 bits per heavy atom. The van der Waals surface area contributed by atoms with Gasteiger partial charge in [-0.05, 0) is 41.5 Å². The van der Waals surface area contributed by atoms with Crippen LogP contribution in [0, 0.1) is 0 Å². The predicted octanol–water partition coefficient (Wildman–Crippen LogP) is 2.80. The predicted molar refractivity (Wildman–Crippen MR) is 95.5 cm³/mol. The van der Waals surface area contributed by atoms with Crippen LogP contribution in [0.2, 0.25) is 0 Å². The average Bonchev–Trinajstić information content (AvgIpc) is 2.82. The topological polar surface area (TPSA) is 139 Å². The summed E-state index contributed by atoms with van der Waals surface area (Å²) in [6.07, 6.45) is -1.63. The molecule has 0 fully saturated rings. The molecule has 11 heteroatoms. The van der Waals surface area contributed by atoms with Crippen LogP contribution in [0.5, 0.6) is 0 Å². The van der Waals surface area contributed by atoms with Crippen molar-refractivity contribution in [3.63, 3.8) is 0 Å². The number of nitrogens with zero attached hydrogens (tertiary/aromatic N) is 2. The van der Waals surface area contributed by atoms with E-state index in [0.29, 0.717) is 0 Å². The van der Waals surface area contributed by atoms with Crippen molar-refractivity contribution in [3.8, 4) is 0 Å². The van der Waals surface area contributed by atoms with Crippen molar-refractivity contribution in [3.05, 3.63) is 11.1 Å². The van der Waals surface area contributed by atoms with E-state index in [1.165, 1.54) is 5.38 Å². The molecule has 0 spiro atoms. The van der Waals surface area contributed by atoms with Gasteiger partial charge in [-0.2, -0.15) is 5.10 Å². The molecule has 1 aromatic rings. The van der Waals surface area contributed by atoms with Crippen molar-refractivity contribution >= 4 is 40.3 Å². The number of carbonyl (C=O) groups excluding carboxylic acids is 2. The second kappa shape index (κ2) is 8.13. The molecule has 3 N–H and O–H groups in total. The SMILES string of the molecule is CC(C)(C)OC(=O)N/N=C(\C(=O)O)c1csc(NC(=O)OC(C)(C)C)n1. The second-order valence-electron chi connectivity index (χ2n) is 7.04. The van der Waals surface area contributed by atoms with Crippen LogP contribution in [0.25, 0.3) is 0 Å². The van der Waals surface area contributed by atoms with E-state index < -0.39 is 35.1 Å². The van der Waals surface area contributed by atoms with E-state index in [1.807, 2.05) is 5.43 Å². The Kier molecular flexibility index (Phi) is 6.67. The third kappa shape index (κ3) is 7.92. The van der Waals surface area contributed by atoms with Gasteiger partial charge in [0.2, 0.25) is 0 Å².